The van der Waals surface area contributed by atoms with E-state index in [2.05, 4.69) is 0 Å². The van der Waals surface area contributed by atoms with E-state index in [1.807, 2.05) is 0 Å². The van der Waals surface area contributed by atoms with Crippen LogP contribution < -0.4 is 5.73 Å². The Morgan fingerprint density at radius 3 is 2.40 bits per heavy atom. The van der Waals surface area contributed by atoms with Gasteiger partial charge in [-0.05, 0) is 18.1 Å². The van der Waals surface area contributed by atoms with Gasteiger partial charge in [0.2, 0.25) is 5.91 Å². The monoisotopic (exact) mass is 378 g/mol. The molecule has 0 radical (unpaired) electrons. The number of hydrogen-bond acceptors (Lipinski definition) is 6. The Kier molecular flexibility index (Phi) is 6.05. The van der Waals surface area contributed by atoms with Gasteiger partial charge in [0.25, 0.3) is 5.91 Å². The van der Waals surface area contributed by atoms with Crippen LogP contribution in [0.4, 0.5) is 0 Å². The fourth-order valence-electron chi connectivity index (χ4n) is 2.21. The van der Waals surface area contributed by atoms with Gasteiger partial charge in [-0.1, -0.05) is 48.2 Å². The molecule has 1 atom stereocenters. The minimum absolute atomic E-state index is 0.109. The Morgan fingerprint density at radius 2 is 1.88 bits per heavy atom. The summed E-state index contributed by atoms with van der Waals surface area (Å²) in [5.41, 5.74) is 6.23. The third kappa shape index (κ3) is 4.52. The van der Waals surface area contributed by atoms with Crippen molar-refractivity contribution in [3.8, 4) is 0 Å². The van der Waals surface area contributed by atoms with Crippen LogP contribution in [0.1, 0.15) is 28.8 Å². The first-order valence-corrected chi connectivity index (χ1v) is 8.39. The summed E-state index contributed by atoms with van der Waals surface area (Å²) in [7, 11) is 0. The van der Waals surface area contributed by atoms with E-state index in [0.29, 0.717) is 17.4 Å². The van der Waals surface area contributed by atoms with Gasteiger partial charge in [0, 0.05) is 12.0 Å². The van der Waals surface area contributed by atoms with E-state index in [-0.39, 0.29) is 22.1 Å². The zero-order valence-corrected chi connectivity index (χ0v) is 14.5. The topological polar surface area (TPSA) is 118 Å². The fourth-order valence-corrected chi connectivity index (χ4v) is 3.57. The number of carboxylic acid groups (broad SMARTS) is 1. The van der Waals surface area contributed by atoms with Crippen molar-refractivity contribution < 1.29 is 24.3 Å². The number of thioether (sulfide) groups is 1. The van der Waals surface area contributed by atoms with Crippen molar-refractivity contribution in [3.05, 3.63) is 40.3 Å². The Labute approximate surface area is 152 Å². The number of carboxylic acids is 1. The van der Waals surface area contributed by atoms with E-state index in [0.717, 1.165) is 16.7 Å². The number of primary amides is 1. The number of aliphatic carboxylic acids is 1. The number of amides is 2. The van der Waals surface area contributed by atoms with Crippen LogP contribution in [-0.2, 0) is 14.4 Å². The van der Waals surface area contributed by atoms with Gasteiger partial charge in [-0.15, -0.1) is 0 Å². The molecule has 1 aliphatic heterocycles. The lowest BCUT2D eigenvalue weighted by molar-refractivity contribution is -0.145. The average molecular weight is 378 g/mol. The van der Waals surface area contributed by atoms with Gasteiger partial charge in [0.15, 0.2) is 0 Å². The van der Waals surface area contributed by atoms with Crippen molar-refractivity contribution in [1.82, 2.24) is 4.90 Å². The quantitative estimate of drug-likeness (QED) is 0.418. The second-order valence-electron chi connectivity index (χ2n) is 5.20. The van der Waals surface area contributed by atoms with Crippen LogP contribution in [0.2, 0.25) is 0 Å². The van der Waals surface area contributed by atoms with Gasteiger partial charge in [0.1, 0.15) is 16.6 Å². The lowest BCUT2D eigenvalue weighted by atomic mass is 10.1. The molecule has 0 spiro atoms. The Balaban J connectivity index is 2.24. The summed E-state index contributed by atoms with van der Waals surface area (Å²) in [6, 6.07) is 5.29. The third-order valence-electron chi connectivity index (χ3n) is 3.45. The summed E-state index contributed by atoms with van der Waals surface area (Å²) in [4.78, 5) is 46.9. The van der Waals surface area contributed by atoms with Crippen molar-refractivity contribution in [2.24, 2.45) is 5.73 Å². The molecule has 0 bridgehead atoms. The molecule has 130 valence electrons. The number of rotatable bonds is 7. The number of nitrogens with two attached hydrogens (primary N) is 1. The largest absolute Gasteiger partial charge is 0.480 e. The smallest absolute Gasteiger partial charge is 0.326 e. The summed E-state index contributed by atoms with van der Waals surface area (Å²) < 4.78 is 0.109. The molecule has 1 saturated heterocycles. The van der Waals surface area contributed by atoms with Crippen molar-refractivity contribution in [2.45, 2.75) is 18.9 Å². The lowest BCUT2D eigenvalue weighted by Crippen LogP contribution is -2.44. The molecular formula is C16H14N2O5S2. The number of thiocarbonyl (C=S) groups is 1. The standard InChI is InChI=1S/C16H14N2O5S2/c17-13(20)6-5-11(15(22)23)18-14(21)12(25-16(18)24)7-9-1-3-10(8-19)4-2-9/h1-4,7-8,11H,5-6H2,(H2,17,20)(H,22,23). The van der Waals surface area contributed by atoms with Gasteiger partial charge in [-0.2, -0.15) is 0 Å². The first-order valence-electron chi connectivity index (χ1n) is 7.17. The zero-order chi connectivity index (χ0) is 18.6. The van der Waals surface area contributed by atoms with Crippen LogP contribution >= 0.6 is 24.0 Å². The predicted molar refractivity (Wildman–Crippen MR) is 96.7 cm³/mol. The highest BCUT2D eigenvalue weighted by Crippen LogP contribution is 2.34. The summed E-state index contributed by atoms with van der Waals surface area (Å²) >= 11 is 6.11. The third-order valence-corrected chi connectivity index (χ3v) is 4.79. The van der Waals surface area contributed by atoms with E-state index in [4.69, 9.17) is 18.0 Å². The molecule has 0 aliphatic carbocycles. The van der Waals surface area contributed by atoms with Crippen LogP contribution in [0, 0.1) is 0 Å². The Hall–Kier alpha value is -2.52. The SMILES string of the molecule is NC(=O)CCC(C(=O)O)N1C(=O)C(=Cc2ccc(C=O)cc2)SC1=S. The van der Waals surface area contributed by atoms with E-state index in [9.17, 15) is 24.3 Å². The molecule has 2 rings (SSSR count). The van der Waals surface area contributed by atoms with Crippen molar-refractivity contribution in [3.63, 3.8) is 0 Å². The van der Waals surface area contributed by atoms with Crippen molar-refractivity contribution in [1.29, 1.82) is 0 Å². The molecule has 1 unspecified atom stereocenters. The summed E-state index contributed by atoms with van der Waals surface area (Å²) in [5.74, 6) is -2.44. The number of nitrogens with zero attached hydrogens (tertiary/aromatic N) is 1. The molecule has 1 aromatic rings. The van der Waals surface area contributed by atoms with Gasteiger partial charge in [0.05, 0.1) is 4.91 Å². The van der Waals surface area contributed by atoms with Crippen molar-refractivity contribution >= 4 is 58.4 Å². The number of hydrogen-bond donors (Lipinski definition) is 2. The molecule has 7 nitrogen and oxygen atoms in total. The minimum atomic E-state index is -1.26. The van der Waals surface area contributed by atoms with Crippen LogP contribution in [0.25, 0.3) is 6.08 Å². The van der Waals surface area contributed by atoms with E-state index in [1.54, 1.807) is 30.3 Å². The maximum atomic E-state index is 12.5. The number of aldehydes is 1. The molecule has 1 aromatic carbocycles. The minimum Gasteiger partial charge on any atom is -0.480 e. The molecule has 1 fully saturated rings. The molecule has 0 saturated carbocycles. The average Bonchev–Trinajstić information content (AvgIpc) is 2.83. The normalized spacial score (nSPS) is 17.0. The molecular weight excluding hydrogens is 364 g/mol. The van der Waals surface area contributed by atoms with Crippen LogP contribution in [0.15, 0.2) is 29.2 Å². The molecule has 2 amide bonds. The summed E-state index contributed by atoms with van der Waals surface area (Å²) in [6.45, 7) is 0. The highest BCUT2D eigenvalue weighted by Gasteiger charge is 2.40. The predicted octanol–water partition coefficient (Wildman–Crippen LogP) is 1.42. The summed E-state index contributed by atoms with van der Waals surface area (Å²) in [5, 5.41) is 9.35. The molecule has 1 heterocycles. The van der Waals surface area contributed by atoms with E-state index < -0.39 is 23.8 Å². The number of carbonyl (C=O) groups excluding carboxylic acids is 3. The summed E-state index contributed by atoms with van der Waals surface area (Å²) in [6.07, 6.45) is 2.00. The first-order chi connectivity index (χ1) is 11.8. The van der Waals surface area contributed by atoms with Gasteiger partial charge in [-0.3, -0.25) is 19.3 Å². The van der Waals surface area contributed by atoms with E-state index in [1.165, 1.54) is 0 Å². The van der Waals surface area contributed by atoms with Crippen LogP contribution in [0.3, 0.4) is 0 Å². The Morgan fingerprint density at radius 1 is 1.28 bits per heavy atom. The fraction of sp³-hybridized carbons (Fsp3) is 0.188. The van der Waals surface area contributed by atoms with Crippen LogP contribution in [-0.4, -0.2) is 44.4 Å². The van der Waals surface area contributed by atoms with E-state index >= 15 is 0 Å². The molecule has 3 N–H and O–H groups in total. The maximum absolute atomic E-state index is 12.5. The molecule has 9 heteroatoms. The second kappa shape index (κ2) is 8.04. The molecule has 1 aliphatic rings. The highest BCUT2D eigenvalue weighted by atomic mass is 32.2. The number of benzene rings is 1. The van der Waals surface area contributed by atoms with Gasteiger partial charge < -0.3 is 10.8 Å². The maximum Gasteiger partial charge on any atom is 0.326 e. The number of carbonyl (C=O) groups is 4. The zero-order valence-electron chi connectivity index (χ0n) is 12.9. The molecule has 25 heavy (non-hydrogen) atoms. The van der Waals surface area contributed by atoms with Crippen molar-refractivity contribution in [2.75, 3.05) is 0 Å². The highest BCUT2D eigenvalue weighted by molar-refractivity contribution is 8.26. The first kappa shape index (κ1) is 18.8. The lowest BCUT2D eigenvalue weighted by Gasteiger charge is -2.22. The van der Waals surface area contributed by atoms with Gasteiger partial charge >= 0.3 is 5.97 Å². The van der Waals surface area contributed by atoms with Gasteiger partial charge in [-0.25, -0.2) is 4.79 Å². The Bertz CT molecular complexity index is 773. The van der Waals surface area contributed by atoms with Crippen LogP contribution in [0.5, 0.6) is 0 Å². The molecule has 0 aromatic heterocycles. The second-order valence-corrected chi connectivity index (χ2v) is 6.87.